The molecule has 1 aromatic heterocycles. The van der Waals surface area contributed by atoms with Crippen LogP contribution in [0.15, 0.2) is 53.1 Å². The van der Waals surface area contributed by atoms with Gasteiger partial charge in [0.15, 0.2) is 11.5 Å². The van der Waals surface area contributed by atoms with Crippen molar-refractivity contribution in [2.45, 2.75) is 13.0 Å². The molecule has 2 N–H and O–H groups in total. The molecule has 0 saturated carbocycles. The van der Waals surface area contributed by atoms with Gasteiger partial charge in [0, 0.05) is 30.3 Å². The van der Waals surface area contributed by atoms with E-state index >= 15 is 0 Å². The van der Waals surface area contributed by atoms with Crippen LogP contribution in [0.2, 0.25) is 0 Å². The average Bonchev–Trinajstić information content (AvgIpc) is 3.22. The quantitative estimate of drug-likeness (QED) is 0.522. The number of carbonyl (C=O) groups excluding carboxylic acids is 1. The number of anilines is 1. The van der Waals surface area contributed by atoms with Crippen LogP contribution in [0.1, 0.15) is 5.69 Å². The number of alkyl halides is 2. The summed E-state index contributed by atoms with van der Waals surface area (Å²) in [6.45, 7) is -2.72. The third-order valence-corrected chi connectivity index (χ3v) is 4.19. The number of methoxy groups -OCH3 is 2. The second-order valence-electron chi connectivity index (χ2n) is 6.25. The maximum absolute atomic E-state index is 12.5. The largest absolute Gasteiger partial charge is 0.497 e. The molecule has 0 aliphatic rings. The fourth-order valence-electron chi connectivity index (χ4n) is 2.71. The Morgan fingerprint density at radius 3 is 2.55 bits per heavy atom. The van der Waals surface area contributed by atoms with Gasteiger partial charge in [0.25, 0.3) is 0 Å². The number of rotatable bonds is 9. The molecule has 10 heteroatoms. The van der Waals surface area contributed by atoms with Crippen LogP contribution in [0.3, 0.4) is 0 Å². The number of carbonyl (C=O) groups is 1. The van der Waals surface area contributed by atoms with Gasteiger partial charge in [-0.3, -0.25) is 0 Å². The Morgan fingerprint density at radius 2 is 1.87 bits per heavy atom. The highest BCUT2D eigenvalue weighted by atomic mass is 19.3. The number of urea groups is 1. The Balaban J connectivity index is 1.51. The lowest BCUT2D eigenvalue weighted by Crippen LogP contribution is -2.30. The summed E-state index contributed by atoms with van der Waals surface area (Å²) in [5.41, 5.74) is 1.75. The van der Waals surface area contributed by atoms with E-state index in [9.17, 15) is 13.6 Å². The van der Waals surface area contributed by atoms with Crippen LogP contribution >= 0.6 is 0 Å². The van der Waals surface area contributed by atoms with E-state index in [1.165, 1.54) is 31.6 Å². The molecule has 0 spiro atoms. The SMILES string of the molecule is COc1ccc(-c2nc(CCNC(=O)Nc3ccc(OC)c(OC(F)F)c3)co2)cc1. The molecule has 0 unspecified atom stereocenters. The highest BCUT2D eigenvalue weighted by Crippen LogP contribution is 2.31. The minimum absolute atomic E-state index is 0.130. The lowest BCUT2D eigenvalue weighted by atomic mass is 10.2. The molecule has 0 aliphatic carbocycles. The molecule has 3 aromatic rings. The number of amides is 2. The number of halogens is 2. The Labute approximate surface area is 177 Å². The Hall–Kier alpha value is -3.82. The highest BCUT2D eigenvalue weighted by molar-refractivity contribution is 5.89. The summed E-state index contributed by atoms with van der Waals surface area (Å²) >= 11 is 0. The molecule has 2 aromatic carbocycles. The number of oxazole rings is 1. The van der Waals surface area contributed by atoms with Crippen molar-refractivity contribution in [3.63, 3.8) is 0 Å². The first-order chi connectivity index (χ1) is 15.0. The first-order valence-corrected chi connectivity index (χ1v) is 9.25. The van der Waals surface area contributed by atoms with Gasteiger partial charge in [-0.05, 0) is 36.4 Å². The monoisotopic (exact) mass is 433 g/mol. The van der Waals surface area contributed by atoms with Gasteiger partial charge in [0.05, 0.1) is 19.9 Å². The van der Waals surface area contributed by atoms with Crippen molar-refractivity contribution in [2.75, 3.05) is 26.1 Å². The van der Waals surface area contributed by atoms with Crippen LogP contribution in [-0.2, 0) is 6.42 Å². The number of hydrogen-bond donors (Lipinski definition) is 2. The number of hydrogen-bond acceptors (Lipinski definition) is 6. The summed E-state index contributed by atoms with van der Waals surface area (Å²) in [6.07, 6.45) is 1.96. The van der Waals surface area contributed by atoms with Crippen LogP contribution in [0.25, 0.3) is 11.5 Å². The van der Waals surface area contributed by atoms with Crippen LogP contribution in [-0.4, -0.2) is 38.4 Å². The summed E-state index contributed by atoms with van der Waals surface area (Å²) in [4.78, 5) is 16.5. The Kier molecular flexibility index (Phi) is 7.26. The number of nitrogens with zero attached hydrogens (tertiary/aromatic N) is 1. The summed E-state index contributed by atoms with van der Waals surface area (Å²) in [6, 6.07) is 11.0. The zero-order valence-electron chi connectivity index (χ0n) is 16.9. The smallest absolute Gasteiger partial charge is 0.387 e. The van der Waals surface area contributed by atoms with Crippen LogP contribution < -0.4 is 24.8 Å². The second-order valence-corrected chi connectivity index (χ2v) is 6.25. The van der Waals surface area contributed by atoms with E-state index in [1.54, 1.807) is 7.11 Å². The zero-order valence-corrected chi connectivity index (χ0v) is 16.9. The average molecular weight is 433 g/mol. The molecular formula is C21H21F2N3O5. The molecule has 164 valence electrons. The fourth-order valence-corrected chi connectivity index (χ4v) is 2.71. The number of nitrogens with one attached hydrogen (secondary N) is 2. The van der Waals surface area contributed by atoms with Crippen molar-refractivity contribution in [2.24, 2.45) is 0 Å². The maximum atomic E-state index is 12.5. The van der Waals surface area contributed by atoms with Gasteiger partial charge in [0.1, 0.15) is 12.0 Å². The van der Waals surface area contributed by atoms with Gasteiger partial charge in [-0.2, -0.15) is 8.78 Å². The lowest BCUT2D eigenvalue weighted by Gasteiger charge is -2.12. The van der Waals surface area contributed by atoms with Gasteiger partial charge in [-0.25, -0.2) is 9.78 Å². The molecule has 0 radical (unpaired) electrons. The summed E-state index contributed by atoms with van der Waals surface area (Å²) < 4.78 is 45.0. The molecule has 0 atom stereocenters. The summed E-state index contributed by atoms with van der Waals surface area (Å²) in [5.74, 6) is 1.15. The Morgan fingerprint density at radius 1 is 1.10 bits per heavy atom. The third-order valence-electron chi connectivity index (χ3n) is 4.19. The molecule has 0 fully saturated rings. The van der Waals surface area contributed by atoms with Crippen LogP contribution in [0, 0.1) is 0 Å². The van der Waals surface area contributed by atoms with Crippen molar-refractivity contribution in [1.82, 2.24) is 10.3 Å². The topological polar surface area (TPSA) is 94.9 Å². The first kappa shape index (κ1) is 21.9. The molecular weight excluding hydrogens is 412 g/mol. The van der Waals surface area contributed by atoms with Gasteiger partial charge < -0.3 is 29.3 Å². The van der Waals surface area contributed by atoms with E-state index < -0.39 is 12.6 Å². The second kappa shape index (κ2) is 10.3. The van der Waals surface area contributed by atoms with Crippen molar-refractivity contribution in [3.8, 4) is 28.7 Å². The van der Waals surface area contributed by atoms with Crippen molar-refractivity contribution >= 4 is 11.7 Å². The fraction of sp³-hybridized carbons (Fsp3) is 0.238. The normalized spacial score (nSPS) is 10.6. The van der Waals surface area contributed by atoms with Crippen LogP contribution in [0.4, 0.5) is 19.3 Å². The van der Waals surface area contributed by atoms with Gasteiger partial charge in [-0.15, -0.1) is 0 Å². The van der Waals surface area contributed by atoms with E-state index in [0.29, 0.717) is 18.0 Å². The molecule has 1 heterocycles. The highest BCUT2D eigenvalue weighted by Gasteiger charge is 2.13. The minimum atomic E-state index is -3.01. The number of ether oxygens (including phenoxy) is 3. The molecule has 31 heavy (non-hydrogen) atoms. The van der Waals surface area contributed by atoms with Gasteiger partial charge in [-0.1, -0.05) is 0 Å². The number of benzene rings is 2. The van der Waals surface area contributed by atoms with E-state index in [-0.39, 0.29) is 23.7 Å². The molecule has 0 saturated heterocycles. The lowest BCUT2D eigenvalue weighted by molar-refractivity contribution is -0.0511. The van der Waals surface area contributed by atoms with E-state index in [1.807, 2.05) is 24.3 Å². The van der Waals surface area contributed by atoms with E-state index in [4.69, 9.17) is 13.9 Å². The molecule has 0 bridgehead atoms. The molecule has 2 amide bonds. The van der Waals surface area contributed by atoms with E-state index in [0.717, 1.165) is 11.3 Å². The van der Waals surface area contributed by atoms with Crippen molar-refractivity contribution in [1.29, 1.82) is 0 Å². The van der Waals surface area contributed by atoms with Gasteiger partial charge >= 0.3 is 12.6 Å². The standard InChI is InChI=1S/C21H21F2N3O5/c1-28-16-6-3-13(4-7-16)19-25-15(12-30-19)9-10-24-21(27)26-14-5-8-17(29-2)18(11-14)31-20(22)23/h3-8,11-12,20H,9-10H2,1-2H3,(H2,24,26,27). The first-order valence-electron chi connectivity index (χ1n) is 9.25. The summed E-state index contributed by atoms with van der Waals surface area (Å²) in [5, 5.41) is 5.21. The van der Waals surface area contributed by atoms with Crippen molar-refractivity contribution < 1.29 is 32.2 Å². The zero-order chi connectivity index (χ0) is 22.2. The molecule has 0 aliphatic heterocycles. The van der Waals surface area contributed by atoms with Crippen LogP contribution in [0.5, 0.6) is 17.2 Å². The summed E-state index contributed by atoms with van der Waals surface area (Å²) in [7, 11) is 2.92. The van der Waals surface area contributed by atoms with Gasteiger partial charge in [0.2, 0.25) is 5.89 Å². The van der Waals surface area contributed by atoms with E-state index in [2.05, 4.69) is 20.4 Å². The Bertz CT molecular complexity index is 1010. The maximum Gasteiger partial charge on any atom is 0.387 e. The molecule has 8 nitrogen and oxygen atoms in total. The minimum Gasteiger partial charge on any atom is -0.497 e. The van der Waals surface area contributed by atoms with Crippen molar-refractivity contribution in [3.05, 3.63) is 54.4 Å². The predicted octanol–water partition coefficient (Wildman–Crippen LogP) is 4.32. The predicted molar refractivity (Wildman–Crippen MR) is 109 cm³/mol. The number of aromatic nitrogens is 1. The molecule has 3 rings (SSSR count). The third kappa shape index (κ3) is 6.08.